The van der Waals surface area contributed by atoms with Crippen LogP contribution < -0.4 is 11.6 Å². The molecule has 2 aliphatic heterocycles. The SMILES string of the molecule is CC1=C2CC3C(CC=C4CC(C)CCC43C)C2CC[C@]12O[C@]1(N)C[C@H](C)CN(N)[C@H]1[C@H]2C. The second-order valence-electron chi connectivity index (χ2n) is 13.2. The lowest BCUT2D eigenvalue weighted by atomic mass is 9.55. The van der Waals surface area contributed by atoms with Crippen LogP contribution in [-0.2, 0) is 4.74 Å². The van der Waals surface area contributed by atoms with E-state index in [1.807, 2.05) is 5.01 Å². The number of hydrogen-bond donors (Lipinski definition) is 2. The van der Waals surface area contributed by atoms with Crippen molar-refractivity contribution in [3.63, 3.8) is 0 Å². The Labute approximate surface area is 195 Å². The van der Waals surface area contributed by atoms with Gasteiger partial charge in [-0.3, -0.25) is 5.84 Å². The van der Waals surface area contributed by atoms with E-state index in [1.54, 1.807) is 11.1 Å². The Morgan fingerprint density at radius 2 is 1.88 bits per heavy atom. The number of hydrogen-bond acceptors (Lipinski definition) is 4. The number of fused-ring (bicyclic) bond motifs is 6. The number of rotatable bonds is 0. The number of nitrogens with two attached hydrogens (primary N) is 2. The first-order valence-corrected chi connectivity index (χ1v) is 13.5. The fraction of sp³-hybridized carbons (Fsp3) is 0.857. The predicted octanol–water partition coefficient (Wildman–Crippen LogP) is 5.15. The van der Waals surface area contributed by atoms with Crippen molar-refractivity contribution in [1.82, 2.24) is 5.01 Å². The molecule has 0 radical (unpaired) electrons. The number of piperidine rings is 1. The van der Waals surface area contributed by atoms with Gasteiger partial charge in [0.1, 0.15) is 5.72 Å². The molecular formula is C28H45N3O. The van der Waals surface area contributed by atoms with E-state index in [-0.39, 0.29) is 11.6 Å². The Balaban J connectivity index is 1.36. The van der Waals surface area contributed by atoms with Gasteiger partial charge in [0, 0.05) is 12.5 Å². The molecule has 4 fully saturated rings. The van der Waals surface area contributed by atoms with Crippen LogP contribution in [0, 0.1) is 40.9 Å². The van der Waals surface area contributed by atoms with Crippen LogP contribution in [0.25, 0.3) is 0 Å². The number of allylic oxidation sites excluding steroid dienone is 3. The van der Waals surface area contributed by atoms with Gasteiger partial charge in [0.25, 0.3) is 0 Å². The maximum atomic E-state index is 7.04. The molecule has 10 atom stereocenters. The minimum absolute atomic E-state index is 0.111. The molecule has 5 unspecified atom stereocenters. The Morgan fingerprint density at radius 3 is 2.66 bits per heavy atom. The molecule has 6 rings (SSSR count). The lowest BCUT2D eigenvalue weighted by molar-refractivity contribution is -0.134. The first-order valence-electron chi connectivity index (χ1n) is 13.5. The largest absolute Gasteiger partial charge is 0.348 e. The van der Waals surface area contributed by atoms with Crippen LogP contribution in [0.5, 0.6) is 0 Å². The molecule has 0 bridgehead atoms. The van der Waals surface area contributed by atoms with E-state index in [0.29, 0.717) is 17.3 Å². The molecule has 2 heterocycles. The van der Waals surface area contributed by atoms with Gasteiger partial charge in [0.2, 0.25) is 0 Å². The average molecular weight is 440 g/mol. The van der Waals surface area contributed by atoms with E-state index in [1.165, 1.54) is 44.1 Å². The van der Waals surface area contributed by atoms with Crippen molar-refractivity contribution >= 4 is 0 Å². The van der Waals surface area contributed by atoms with E-state index < -0.39 is 5.72 Å². The molecule has 4 aliphatic carbocycles. The van der Waals surface area contributed by atoms with Gasteiger partial charge in [-0.05, 0) is 98.9 Å². The van der Waals surface area contributed by atoms with Crippen molar-refractivity contribution in [2.75, 3.05) is 6.54 Å². The van der Waals surface area contributed by atoms with Gasteiger partial charge in [-0.1, -0.05) is 44.9 Å². The summed E-state index contributed by atoms with van der Waals surface area (Å²) in [5.41, 5.74) is 11.6. The number of ether oxygens (including phenoxy) is 1. The Hall–Kier alpha value is -0.680. The highest BCUT2D eigenvalue weighted by Gasteiger charge is 2.65. The predicted molar refractivity (Wildman–Crippen MR) is 129 cm³/mol. The second kappa shape index (κ2) is 6.93. The summed E-state index contributed by atoms with van der Waals surface area (Å²) in [6.07, 6.45) is 12.6. The van der Waals surface area contributed by atoms with Crippen LogP contribution >= 0.6 is 0 Å². The van der Waals surface area contributed by atoms with E-state index in [0.717, 1.165) is 43.1 Å². The molecular weight excluding hydrogens is 394 g/mol. The summed E-state index contributed by atoms with van der Waals surface area (Å²) in [6.45, 7) is 13.0. The molecule has 4 heteroatoms. The lowest BCUT2D eigenvalue weighted by Crippen LogP contribution is -2.65. The zero-order valence-corrected chi connectivity index (χ0v) is 21.0. The highest BCUT2D eigenvalue weighted by atomic mass is 16.5. The fourth-order valence-electron chi connectivity index (χ4n) is 9.87. The van der Waals surface area contributed by atoms with Crippen LogP contribution in [0.4, 0.5) is 0 Å². The van der Waals surface area contributed by atoms with Crippen molar-refractivity contribution in [3.05, 3.63) is 22.8 Å². The Kier molecular flexibility index (Phi) is 4.73. The molecule has 178 valence electrons. The van der Waals surface area contributed by atoms with E-state index in [2.05, 4.69) is 40.7 Å². The minimum atomic E-state index is -0.619. The number of hydrazine groups is 1. The standard InChI is InChI=1S/C28H45N3O/c1-16-8-10-26(5)20(12-16)6-7-22-21-9-11-27(18(3)23(21)13-24(22)26)19(4)25-28(29,32-27)14-17(2)15-31(25)30/h6,16-17,19,21-22,24-25H,7-15,29-30H2,1-5H3/t16?,17-,19+,21?,22?,24?,25-,26?,27-,28+/m0/s1. The summed E-state index contributed by atoms with van der Waals surface area (Å²) in [5, 5.41) is 2.02. The zero-order valence-electron chi connectivity index (χ0n) is 21.0. The van der Waals surface area contributed by atoms with Crippen LogP contribution in [0.15, 0.2) is 22.8 Å². The number of nitrogens with zero attached hydrogens (tertiary/aromatic N) is 1. The normalized spacial score (nSPS) is 55.3. The van der Waals surface area contributed by atoms with Gasteiger partial charge in [0.15, 0.2) is 0 Å². The lowest BCUT2D eigenvalue weighted by Gasteiger charge is -2.49. The average Bonchev–Trinajstić information content (AvgIpc) is 3.20. The van der Waals surface area contributed by atoms with Crippen molar-refractivity contribution in [2.45, 2.75) is 103 Å². The van der Waals surface area contributed by atoms with Crippen molar-refractivity contribution < 1.29 is 4.74 Å². The van der Waals surface area contributed by atoms with Crippen LogP contribution in [0.2, 0.25) is 0 Å². The molecule has 6 aliphatic rings. The van der Waals surface area contributed by atoms with E-state index >= 15 is 0 Å². The third kappa shape index (κ3) is 2.70. The molecule has 0 aromatic heterocycles. The van der Waals surface area contributed by atoms with Gasteiger partial charge >= 0.3 is 0 Å². The van der Waals surface area contributed by atoms with Gasteiger partial charge < -0.3 is 10.5 Å². The van der Waals surface area contributed by atoms with Gasteiger partial charge in [-0.2, -0.15) is 0 Å². The van der Waals surface area contributed by atoms with Crippen LogP contribution in [0.1, 0.15) is 86.0 Å². The topological polar surface area (TPSA) is 64.5 Å². The maximum Gasteiger partial charge on any atom is 0.135 e. The van der Waals surface area contributed by atoms with Crippen molar-refractivity contribution in [2.24, 2.45) is 52.5 Å². The van der Waals surface area contributed by atoms with Crippen molar-refractivity contribution in [1.29, 1.82) is 0 Å². The molecule has 1 spiro atoms. The Bertz CT molecular complexity index is 880. The monoisotopic (exact) mass is 439 g/mol. The molecule has 0 aromatic carbocycles. The summed E-state index contributed by atoms with van der Waals surface area (Å²) in [7, 11) is 0. The molecule has 2 saturated heterocycles. The van der Waals surface area contributed by atoms with Gasteiger partial charge in [0.05, 0.1) is 11.6 Å². The molecule has 4 N–H and O–H groups in total. The third-order valence-corrected chi connectivity index (χ3v) is 11.4. The van der Waals surface area contributed by atoms with Gasteiger partial charge in [-0.25, -0.2) is 5.01 Å². The molecule has 4 nitrogen and oxygen atoms in total. The highest BCUT2D eigenvalue weighted by Crippen LogP contribution is 2.66. The molecule has 0 amide bonds. The zero-order chi connectivity index (χ0) is 22.6. The smallest absolute Gasteiger partial charge is 0.135 e. The van der Waals surface area contributed by atoms with Crippen LogP contribution in [0.3, 0.4) is 0 Å². The summed E-state index contributed by atoms with van der Waals surface area (Å²) in [5.74, 6) is 10.6. The Morgan fingerprint density at radius 1 is 1.09 bits per heavy atom. The summed E-state index contributed by atoms with van der Waals surface area (Å²) >= 11 is 0. The first-order chi connectivity index (χ1) is 15.1. The third-order valence-electron chi connectivity index (χ3n) is 11.4. The van der Waals surface area contributed by atoms with Gasteiger partial charge in [-0.15, -0.1) is 0 Å². The first kappa shape index (κ1) is 21.8. The second-order valence-corrected chi connectivity index (χ2v) is 13.2. The minimum Gasteiger partial charge on any atom is -0.348 e. The highest BCUT2D eigenvalue weighted by molar-refractivity contribution is 5.39. The molecule has 32 heavy (non-hydrogen) atoms. The van der Waals surface area contributed by atoms with Crippen molar-refractivity contribution in [3.8, 4) is 0 Å². The summed E-state index contributed by atoms with van der Waals surface area (Å²) in [4.78, 5) is 0. The van der Waals surface area contributed by atoms with Crippen LogP contribution in [-0.4, -0.2) is 28.9 Å². The summed E-state index contributed by atoms with van der Waals surface area (Å²) < 4.78 is 7.04. The molecule has 2 saturated carbocycles. The maximum absolute atomic E-state index is 7.04. The fourth-order valence-corrected chi connectivity index (χ4v) is 9.87. The summed E-state index contributed by atoms with van der Waals surface area (Å²) in [6, 6.07) is 0.111. The van der Waals surface area contributed by atoms with E-state index in [9.17, 15) is 0 Å². The quantitative estimate of drug-likeness (QED) is 0.405. The molecule has 0 aromatic rings. The van der Waals surface area contributed by atoms with E-state index in [4.69, 9.17) is 16.3 Å².